The van der Waals surface area contributed by atoms with Gasteiger partial charge in [0.1, 0.15) is 0 Å². The molecule has 1 aliphatic rings. The molecular weight excluding hydrogens is 166 g/mol. The SMILES string of the molecule is CN1CCN(C/C=C/CN)CC1=O. The standard InChI is InChI=1S/C9H17N3O/c1-11-6-7-12(8-9(11)13)5-3-2-4-10/h2-3H,4-8,10H2,1H3/b3-2+. The van der Waals surface area contributed by atoms with Crippen LogP contribution in [0.25, 0.3) is 0 Å². The molecule has 0 unspecified atom stereocenters. The summed E-state index contributed by atoms with van der Waals surface area (Å²) in [6.45, 7) is 3.72. The number of amides is 1. The number of hydrogen-bond donors (Lipinski definition) is 1. The van der Waals surface area contributed by atoms with Crippen LogP contribution in [0.5, 0.6) is 0 Å². The third-order valence-corrected chi connectivity index (χ3v) is 2.20. The Hall–Kier alpha value is -0.870. The molecule has 0 aliphatic carbocycles. The number of hydrogen-bond acceptors (Lipinski definition) is 3. The zero-order valence-electron chi connectivity index (χ0n) is 8.07. The lowest BCUT2D eigenvalue weighted by Crippen LogP contribution is -2.48. The second-order valence-electron chi connectivity index (χ2n) is 3.26. The van der Waals surface area contributed by atoms with Crippen LogP contribution in [0.2, 0.25) is 0 Å². The minimum atomic E-state index is 0.201. The zero-order valence-corrected chi connectivity index (χ0v) is 8.07. The van der Waals surface area contributed by atoms with Crippen LogP contribution in [-0.2, 0) is 4.79 Å². The van der Waals surface area contributed by atoms with E-state index in [1.165, 1.54) is 0 Å². The van der Waals surface area contributed by atoms with Gasteiger partial charge >= 0.3 is 0 Å². The molecule has 0 aromatic rings. The quantitative estimate of drug-likeness (QED) is 0.587. The van der Waals surface area contributed by atoms with Gasteiger partial charge in [0.2, 0.25) is 5.91 Å². The summed E-state index contributed by atoms with van der Waals surface area (Å²) >= 11 is 0. The summed E-state index contributed by atoms with van der Waals surface area (Å²) in [6, 6.07) is 0. The second-order valence-corrected chi connectivity index (χ2v) is 3.26. The third-order valence-electron chi connectivity index (χ3n) is 2.20. The topological polar surface area (TPSA) is 49.6 Å². The van der Waals surface area contributed by atoms with E-state index in [-0.39, 0.29) is 5.91 Å². The molecule has 1 saturated heterocycles. The lowest BCUT2D eigenvalue weighted by Gasteiger charge is -2.31. The van der Waals surface area contributed by atoms with Crippen molar-refractivity contribution in [2.75, 3.05) is 39.8 Å². The molecule has 2 N–H and O–H groups in total. The molecule has 1 aliphatic heterocycles. The van der Waals surface area contributed by atoms with Gasteiger partial charge in [0, 0.05) is 33.2 Å². The minimum Gasteiger partial charge on any atom is -0.343 e. The molecule has 0 radical (unpaired) electrons. The van der Waals surface area contributed by atoms with Gasteiger partial charge < -0.3 is 10.6 Å². The van der Waals surface area contributed by atoms with Gasteiger partial charge in [-0.05, 0) is 0 Å². The van der Waals surface area contributed by atoms with Gasteiger partial charge in [-0.15, -0.1) is 0 Å². The van der Waals surface area contributed by atoms with Gasteiger partial charge in [-0.3, -0.25) is 9.69 Å². The molecule has 0 atom stereocenters. The van der Waals surface area contributed by atoms with Crippen LogP contribution in [0.1, 0.15) is 0 Å². The van der Waals surface area contributed by atoms with Crippen molar-refractivity contribution in [2.45, 2.75) is 0 Å². The number of piperazine rings is 1. The monoisotopic (exact) mass is 183 g/mol. The Morgan fingerprint density at radius 1 is 1.46 bits per heavy atom. The second kappa shape index (κ2) is 4.99. The lowest BCUT2D eigenvalue weighted by atomic mass is 10.3. The first-order valence-corrected chi connectivity index (χ1v) is 4.55. The molecule has 4 heteroatoms. The van der Waals surface area contributed by atoms with Crippen molar-refractivity contribution >= 4 is 5.91 Å². The first-order valence-electron chi connectivity index (χ1n) is 4.55. The molecule has 1 heterocycles. The van der Waals surface area contributed by atoms with Crippen LogP contribution in [0, 0.1) is 0 Å². The summed E-state index contributed by atoms with van der Waals surface area (Å²) in [6.07, 6.45) is 3.93. The Balaban J connectivity index is 2.29. The molecule has 0 bridgehead atoms. The Morgan fingerprint density at radius 2 is 2.23 bits per heavy atom. The first-order chi connectivity index (χ1) is 6.24. The van der Waals surface area contributed by atoms with Crippen LogP contribution in [-0.4, -0.2) is 55.5 Å². The number of likely N-dealkylation sites (N-methyl/N-ethyl adjacent to an activating group) is 1. The molecule has 0 spiro atoms. The largest absolute Gasteiger partial charge is 0.343 e. The van der Waals surface area contributed by atoms with E-state index in [0.29, 0.717) is 13.1 Å². The number of rotatable bonds is 3. The molecule has 0 aromatic heterocycles. The predicted octanol–water partition coefficient (Wildman–Crippen LogP) is -0.725. The molecule has 4 nitrogen and oxygen atoms in total. The Kier molecular flexibility index (Phi) is 3.92. The van der Waals surface area contributed by atoms with Crippen molar-refractivity contribution in [3.05, 3.63) is 12.2 Å². The summed E-state index contributed by atoms with van der Waals surface area (Å²) in [5, 5.41) is 0. The van der Waals surface area contributed by atoms with E-state index in [9.17, 15) is 4.79 Å². The van der Waals surface area contributed by atoms with Crippen LogP contribution in [0.4, 0.5) is 0 Å². The average Bonchev–Trinajstić information content (AvgIpc) is 2.12. The van der Waals surface area contributed by atoms with Crippen molar-refractivity contribution < 1.29 is 4.79 Å². The van der Waals surface area contributed by atoms with Crippen molar-refractivity contribution in [3.8, 4) is 0 Å². The Labute approximate surface area is 79.0 Å². The van der Waals surface area contributed by atoms with E-state index in [1.807, 2.05) is 19.2 Å². The number of nitrogens with zero attached hydrogens (tertiary/aromatic N) is 2. The predicted molar refractivity (Wildman–Crippen MR) is 52.3 cm³/mol. The smallest absolute Gasteiger partial charge is 0.236 e. The van der Waals surface area contributed by atoms with Crippen molar-refractivity contribution in [1.82, 2.24) is 9.80 Å². The minimum absolute atomic E-state index is 0.201. The highest BCUT2D eigenvalue weighted by Gasteiger charge is 2.19. The number of nitrogens with two attached hydrogens (primary N) is 1. The molecule has 1 fully saturated rings. The zero-order chi connectivity index (χ0) is 9.68. The Bertz CT molecular complexity index is 203. The fourth-order valence-electron chi connectivity index (χ4n) is 1.28. The highest BCUT2D eigenvalue weighted by molar-refractivity contribution is 5.78. The summed E-state index contributed by atoms with van der Waals surface area (Å²) in [5.41, 5.74) is 5.31. The third kappa shape index (κ3) is 3.16. The Morgan fingerprint density at radius 3 is 2.85 bits per heavy atom. The van der Waals surface area contributed by atoms with Gasteiger partial charge in [0.25, 0.3) is 0 Å². The highest BCUT2D eigenvalue weighted by Crippen LogP contribution is 2.00. The molecular formula is C9H17N3O. The van der Waals surface area contributed by atoms with E-state index in [0.717, 1.165) is 19.6 Å². The van der Waals surface area contributed by atoms with E-state index in [2.05, 4.69) is 4.90 Å². The molecule has 0 saturated carbocycles. The molecule has 74 valence electrons. The summed E-state index contributed by atoms with van der Waals surface area (Å²) in [4.78, 5) is 15.2. The van der Waals surface area contributed by atoms with E-state index in [1.54, 1.807) is 4.90 Å². The normalized spacial score (nSPS) is 20.2. The van der Waals surface area contributed by atoms with Crippen molar-refractivity contribution in [2.24, 2.45) is 5.73 Å². The van der Waals surface area contributed by atoms with Gasteiger partial charge in [0.05, 0.1) is 6.54 Å². The lowest BCUT2D eigenvalue weighted by molar-refractivity contribution is -0.134. The van der Waals surface area contributed by atoms with Crippen molar-refractivity contribution in [3.63, 3.8) is 0 Å². The van der Waals surface area contributed by atoms with E-state index >= 15 is 0 Å². The molecule has 1 amide bonds. The average molecular weight is 183 g/mol. The number of carbonyl (C=O) groups excluding carboxylic acids is 1. The van der Waals surface area contributed by atoms with Crippen molar-refractivity contribution in [1.29, 1.82) is 0 Å². The van der Waals surface area contributed by atoms with E-state index < -0.39 is 0 Å². The number of carbonyl (C=O) groups is 1. The van der Waals surface area contributed by atoms with Gasteiger partial charge in [-0.1, -0.05) is 12.2 Å². The van der Waals surface area contributed by atoms with E-state index in [4.69, 9.17) is 5.73 Å². The van der Waals surface area contributed by atoms with Crippen LogP contribution < -0.4 is 5.73 Å². The summed E-state index contributed by atoms with van der Waals surface area (Å²) < 4.78 is 0. The van der Waals surface area contributed by atoms with Gasteiger partial charge in [-0.25, -0.2) is 0 Å². The van der Waals surface area contributed by atoms with Crippen LogP contribution >= 0.6 is 0 Å². The molecule has 0 aromatic carbocycles. The maximum absolute atomic E-state index is 11.3. The fraction of sp³-hybridized carbons (Fsp3) is 0.667. The highest BCUT2D eigenvalue weighted by atomic mass is 16.2. The first kappa shape index (κ1) is 10.2. The van der Waals surface area contributed by atoms with Crippen LogP contribution in [0.3, 0.4) is 0 Å². The van der Waals surface area contributed by atoms with Gasteiger partial charge in [-0.2, -0.15) is 0 Å². The maximum Gasteiger partial charge on any atom is 0.236 e. The maximum atomic E-state index is 11.3. The van der Waals surface area contributed by atoms with Gasteiger partial charge in [0.15, 0.2) is 0 Å². The van der Waals surface area contributed by atoms with Crippen LogP contribution in [0.15, 0.2) is 12.2 Å². The summed E-state index contributed by atoms with van der Waals surface area (Å²) in [7, 11) is 1.84. The molecule has 13 heavy (non-hydrogen) atoms. The summed E-state index contributed by atoms with van der Waals surface area (Å²) in [5.74, 6) is 0.201. The molecule has 1 rings (SSSR count). The fourth-order valence-corrected chi connectivity index (χ4v) is 1.28.